The number of fused-ring (bicyclic) bond motifs is 3. The first kappa shape index (κ1) is 21.8. The van der Waals surface area contributed by atoms with Gasteiger partial charge in [-0.25, -0.2) is 9.37 Å². The molecule has 2 aliphatic heterocycles. The molecule has 5 aliphatic rings. The van der Waals surface area contributed by atoms with Gasteiger partial charge in [-0.15, -0.1) is 0 Å². The van der Waals surface area contributed by atoms with E-state index in [9.17, 15) is 14.0 Å². The van der Waals surface area contributed by atoms with Crippen LogP contribution < -0.4 is 9.47 Å². The molecule has 3 bridgehead atoms. The fraction of sp³-hybridized carbons (Fsp3) is 0.481. The van der Waals surface area contributed by atoms with Gasteiger partial charge in [0.15, 0.2) is 11.5 Å². The lowest BCUT2D eigenvalue weighted by molar-refractivity contribution is -0.154. The Morgan fingerprint density at radius 3 is 2.75 bits per heavy atom. The SMILES string of the molecule is O=C(O[C@H]1[C@@H]2[C@@H]3C[C@@H](C[C@H]1/C3=N/Cc1ccc3c(c1)OCO3)CN2C(=O)c1ccc(F)cn1)C1CC1. The summed E-state index contributed by atoms with van der Waals surface area (Å²) < 4.78 is 30.5. The number of aromatic nitrogens is 1. The number of piperidine rings is 1. The van der Waals surface area contributed by atoms with Crippen LogP contribution >= 0.6 is 0 Å². The van der Waals surface area contributed by atoms with E-state index in [0.717, 1.165) is 54.7 Å². The second-order valence-corrected chi connectivity index (χ2v) is 10.5. The van der Waals surface area contributed by atoms with Crippen molar-refractivity contribution < 1.29 is 28.2 Å². The Balaban J connectivity index is 1.20. The quantitative estimate of drug-likeness (QED) is 0.596. The fourth-order valence-corrected chi connectivity index (χ4v) is 6.38. The Kier molecular flexibility index (Phi) is 5.01. The van der Waals surface area contributed by atoms with Crippen molar-refractivity contribution in [3.05, 3.63) is 53.6 Å². The van der Waals surface area contributed by atoms with E-state index in [4.69, 9.17) is 19.2 Å². The summed E-state index contributed by atoms with van der Waals surface area (Å²) in [6.07, 6.45) is 4.11. The third kappa shape index (κ3) is 3.63. The Bertz CT molecular complexity index is 1260. The van der Waals surface area contributed by atoms with Gasteiger partial charge < -0.3 is 19.1 Å². The smallest absolute Gasteiger partial charge is 0.309 e. The molecule has 0 spiro atoms. The summed E-state index contributed by atoms with van der Waals surface area (Å²) in [6, 6.07) is 8.20. The summed E-state index contributed by atoms with van der Waals surface area (Å²) in [6.45, 7) is 1.29. The average molecular weight is 492 g/mol. The third-order valence-electron chi connectivity index (χ3n) is 8.15. The lowest BCUT2D eigenvalue weighted by Gasteiger charge is -2.42. The normalized spacial score (nSPS) is 30.6. The second kappa shape index (κ2) is 8.28. The Labute approximate surface area is 207 Å². The third-order valence-corrected chi connectivity index (χ3v) is 8.15. The van der Waals surface area contributed by atoms with Gasteiger partial charge in [-0.2, -0.15) is 0 Å². The van der Waals surface area contributed by atoms with E-state index in [-0.39, 0.29) is 48.2 Å². The number of hydrogen-bond donors (Lipinski definition) is 0. The van der Waals surface area contributed by atoms with Crippen LogP contribution in [0.2, 0.25) is 0 Å². The summed E-state index contributed by atoms with van der Waals surface area (Å²) >= 11 is 0. The maximum atomic E-state index is 13.5. The molecule has 0 unspecified atom stereocenters. The summed E-state index contributed by atoms with van der Waals surface area (Å²) in [5.41, 5.74) is 2.25. The first-order valence-electron chi connectivity index (χ1n) is 12.6. The van der Waals surface area contributed by atoms with Crippen LogP contribution in [-0.2, 0) is 16.1 Å². The number of nitrogens with zero attached hydrogens (tertiary/aromatic N) is 3. The second-order valence-electron chi connectivity index (χ2n) is 10.5. The van der Waals surface area contributed by atoms with Gasteiger partial charge in [0.2, 0.25) is 6.79 Å². The number of ether oxygens (including phenoxy) is 3. The predicted molar refractivity (Wildman–Crippen MR) is 125 cm³/mol. The number of benzene rings is 1. The molecule has 4 fully saturated rings. The molecule has 186 valence electrons. The number of carbonyl (C=O) groups excluding carboxylic acids is 2. The van der Waals surface area contributed by atoms with Crippen LogP contribution in [0, 0.1) is 29.5 Å². The number of amides is 1. The molecular formula is C27H26FN3O5. The molecule has 1 amide bonds. The van der Waals surface area contributed by atoms with Gasteiger partial charge in [0.1, 0.15) is 17.6 Å². The first-order valence-corrected chi connectivity index (χ1v) is 12.6. The zero-order valence-electron chi connectivity index (χ0n) is 19.6. The van der Waals surface area contributed by atoms with E-state index in [2.05, 4.69) is 4.98 Å². The zero-order valence-corrected chi connectivity index (χ0v) is 19.6. The van der Waals surface area contributed by atoms with Crippen LogP contribution in [0.3, 0.4) is 0 Å². The van der Waals surface area contributed by atoms with Crippen molar-refractivity contribution in [3.63, 3.8) is 0 Å². The number of halogens is 1. The van der Waals surface area contributed by atoms with Crippen LogP contribution in [0.25, 0.3) is 0 Å². The Morgan fingerprint density at radius 1 is 1.11 bits per heavy atom. The standard InChI is InChI=1S/C27H26FN3O5/c28-17-4-5-20(29-11-17)26(32)31-12-15-7-18-23(30-10-14-1-6-21-22(9-14)35-13-34-21)19(8-15)25(24(18)31)36-27(33)16-2-3-16/h1,4-6,9,11,15-16,18-19,24-25H,2-3,7-8,10,12-13H2/b30-23+/t15-,18+,19-,24-,25+/m0/s1. The zero-order chi connectivity index (χ0) is 24.4. The van der Waals surface area contributed by atoms with E-state index in [0.29, 0.717) is 19.0 Å². The largest absolute Gasteiger partial charge is 0.459 e. The van der Waals surface area contributed by atoms with E-state index in [1.54, 1.807) is 0 Å². The number of esters is 1. The molecule has 3 aliphatic carbocycles. The van der Waals surface area contributed by atoms with Gasteiger partial charge >= 0.3 is 5.97 Å². The molecule has 1 aromatic carbocycles. The van der Waals surface area contributed by atoms with Crippen molar-refractivity contribution in [2.45, 2.75) is 44.4 Å². The molecule has 8 nitrogen and oxygen atoms in total. The minimum atomic E-state index is -0.486. The van der Waals surface area contributed by atoms with E-state index >= 15 is 0 Å². The van der Waals surface area contributed by atoms with Crippen molar-refractivity contribution in [3.8, 4) is 11.5 Å². The van der Waals surface area contributed by atoms with Crippen LogP contribution in [0.5, 0.6) is 11.5 Å². The lowest BCUT2D eigenvalue weighted by atomic mass is 9.76. The highest BCUT2D eigenvalue weighted by atomic mass is 19.1. The van der Waals surface area contributed by atoms with Crippen LogP contribution in [-0.4, -0.2) is 53.0 Å². The highest BCUT2D eigenvalue weighted by molar-refractivity contribution is 5.98. The van der Waals surface area contributed by atoms with E-state index in [1.807, 2.05) is 23.1 Å². The summed E-state index contributed by atoms with van der Waals surface area (Å²) in [4.78, 5) is 37.2. The van der Waals surface area contributed by atoms with E-state index in [1.165, 1.54) is 12.1 Å². The van der Waals surface area contributed by atoms with Crippen molar-refractivity contribution in [2.24, 2.45) is 28.7 Å². The molecule has 0 radical (unpaired) electrons. The fourth-order valence-electron chi connectivity index (χ4n) is 6.38. The van der Waals surface area contributed by atoms with Gasteiger partial charge in [0.25, 0.3) is 5.91 Å². The maximum Gasteiger partial charge on any atom is 0.309 e. The summed E-state index contributed by atoms with van der Waals surface area (Å²) in [5.74, 6) is 0.843. The minimum absolute atomic E-state index is 0.00515. The summed E-state index contributed by atoms with van der Waals surface area (Å²) in [7, 11) is 0. The molecule has 0 N–H and O–H groups in total. The molecule has 7 rings (SSSR count). The van der Waals surface area contributed by atoms with Crippen molar-refractivity contribution in [1.82, 2.24) is 9.88 Å². The van der Waals surface area contributed by atoms with Crippen molar-refractivity contribution >= 4 is 17.6 Å². The number of rotatable bonds is 5. The number of aliphatic imine (C=N–C) groups is 1. The topological polar surface area (TPSA) is 90.3 Å². The monoisotopic (exact) mass is 491 g/mol. The molecule has 1 saturated heterocycles. The van der Waals surface area contributed by atoms with Gasteiger partial charge in [-0.05, 0) is 61.4 Å². The molecular weight excluding hydrogens is 465 g/mol. The molecule has 9 heteroatoms. The van der Waals surface area contributed by atoms with Gasteiger partial charge in [-0.1, -0.05) is 6.07 Å². The number of likely N-dealkylation sites (tertiary alicyclic amines) is 1. The predicted octanol–water partition coefficient (Wildman–Crippen LogP) is 3.39. The first-order chi connectivity index (χ1) is 17.5. The maximum absolute atomic E-state index is 13.5. The Morgan fingerprint density at radius 2 is 1.94 bits per heavy atom. The van der Waals surface area contributed by atoms with Gasteiger partial charge in [0.05, 0.1) is 24.7 Å². The van der Waals surface area contributed by atoms with Crippen molar-refractivity contribution in [1.29, 1.82) is 0 Å². The number of carbonyl (C=O) groups is 2. The van der Waals surface area contributed by atoms with Crippen LogP contribution in [0.1, 0.15) is 41.7 Å². The number of hydrogen-bond acceptors (Lipinski definition) is 7. The number of pyridine rings is 1. The molecule has 5 atom stereocenters. The van der Waals surface area contributed by atoms with Crippen molar-refractivity contribution in [2.75, 3.05) is 13.3 Å². The van der Waals surface area contributed by atoms with Crippen LogP contribution in [0.4, 0.5) is 4.39 Å². The Hall–Kier alpha value is -3.49. The highest BCUT2D eigenvalue weighted by Crippen LogP contribution is 2.51. The molecule has 1 aromatic heterocycles. The van der Waals surface area contributed by atoms with Gasteiger partial charge in [0, 0.05) is 24.1 Å². The molecule has 3 saturated carbocycles. The molecule has 2 aromatic rings. The molecule has 36 heavy (non-hydrogen) atoms. The molecule has 3 heterocycles. The van der Waals surface area contributed by atoms with Crippen LogP contribution in [0.15, 0.2) is 41.5 Å². The summed E-state index contributed by atoms with van der Waals surface area (Å²) in [5, 5.41) is 0. The average Bonchev–Trinajstić information content (AvgIpc) is 3.62. The van der Waals surface area contributed by atoms with E-state index < -0.39 is 11.9 Å². The highest BCUT2D eigenvalue weighted by Gasteiger charge is 2.60. The lowest BCUT2D eigenvalue weighted by Crippen LogP contribution is -2.54. The minimum Gasteiger partial charge on any atom is -0.459 e. The van der Waals surface area contributed by atoms with Gasteiger partial charge in [-0.3, -0.25) is 14.6 Å².